The Labute approximate surface area is 311 Å². The van der Waals surface area contributed by atoms with E-state index in [9.17, 15) is 27.6 Å². The van der Waals surface area contributed by atoms with Crippen LogP contribution in [0.25, 0.3) is 11.2 Å². The lowest BCUT2D eigenvalue weighted by atomic mass is 9.97. The van der Waals surface area contributed by atoms with Crippen LogP contribution in [-0.4, -0.2) is 61.6 Å². The van der Waals surface area contributed by atoms with Gasteiger partial charge in [-0.15, -0.1) is 6.42 Å². The number of esters is 1. The Morgan fingerprint density at radius 2 is 1.83 bits per heavy atom. The lowest BCUT2D eigenvalue weighted by Crippen LogP contribution is -2.44. The van der Waals surface area contributed by atoms with Gasteiger partial charge in [0.15, 0.2) is 22.6 Å². The summed E-state index contributed by atoms with van der Waals surface area (Å²) in [6.07, 6.45) is 8.50. The third-order valence-corrected chi connectivity index (χ3v) is 10.6. The largest absolute Gasteiger partial charge is 0.464 e. The summed E-state index contributed by atoms with van der Waals surface area (Å²) >= 11 is 0. The van der Waals surface area contributed by atoms with Crippen molar-refractivity contribution in [2.45, 2.75) is 89.2 Å². The van der Waals surface area contributed by atoms with Crippen LogP contribution in [0.1, 0.15) is 70.6 Å². The summed E-state index contributed by atoms with van der Waals surface area (Å²) in [4.78, 5) is 25.1. The number of carbonyl (C=O) groups is 1. The molecule has 1 saturated heterocycles. The van der Waals surface area contributed by atoms with Gasteiger partial charge >= 0.3 is 19.8 Å². The zero-order chi connectivity index (χ0) is 38.9. The van der Waals surface area contributed by atoms with E-state index in [0.717, 1.165) is 50.7 Å². The molecule has 0 bridgehead atoms. The van der Waals surface area contributed by atoms with Gasteiger partial charge in [0.2, 0.25) is 0 Å². The SMILES string of the molecule is C#C[C@]1(CO[P@@](=O)(N[C@@H](Cc2cc(F)cc(F)c2)C(=O)OCC(CCCC)CCCC)Oc2ccccc2)O[C@@H](n2cnc3c(N)nc(F)nc32)C[C@@H]1O. The molecule has 0 aliphatic carbocycles. The summed E-state index contributed by atoms with van der Waals surface area (Å²) in [6, 6.07) is 9.17. The summed E-state index contributed by atoms with van der Waals surface area (Å²) in [5, 5.41) is 13.9. The number of carbonyl (C=O) groups excluding carboxylic acids is 1. The van der Waals surface area contributed by atoms with Crippen molar-refractivity contribution in [1.29, 1.82) is 0 Å². The van der Waals surface area contributed by atoms with Crippen LogP contribution in [0.2, 0.25) is 0 Å². The number of para-hydroxylation sites is 1. The number of halogens is 3. The molecule has 54 heavy (non-hydrogen) atoms. The Morgan fingerprint density at radius 3 is 2.48 bits per heavy atom. The molecule has 5 atom stereocenters. The number of anilines is 1. The maximum atomic E-state index is 14.7. The van der Waals surface area contributed by atoms with Gasteiger partial charge in [-0.05, 0) is 55.0 Å². The summed E-state index contributed by atoms with van der Waals surface area (Å²) in [6.45, 7) is 3.46. The van der Waals surface area contributed by atoms with E-state index in [1.165, 1.54) is 23.0 Å². The van der Waals surface area contributed by atoms with E-state index in [2.05, 4.69) is 39.8 Å². The molecule has 4 N–H and O–H groups in total. The van der Waals surface area contributed by atoms with E-state index in [1.807, 2.05) is 0 Å². The van der Waals surface area contributed by atoms with Gasteiger partial charge in [-0.25, -0.2) is 18.3 Å². The number of nitrogens with two attached hydrogens (primary N) is 1. The first-order chi connectivity index (χ1) is 25.9. The summed E-state index contributed by atoms with van der Waals surface area (Å²) in [7, 11) is -4.69. The molecule has 5 rings (SSSR count). The predicted octanol–water partition coefficient (Wildman–Crippen LogP) is 6.42. The highest BCUT2D eigenvalue weighted by Crippen LogP contribution is 2.48. The fraction of sp³-hybridized carbons (Fsp3) is 0.459. The Bertz CT molecular complexity index is 1950. The molecule has 3 heterocycles. The van der Waals surface area contributed by atoms with Crippen LogP contribution < -0.4 is 15.3 Å². The number of nitrogens with zero attached hydrogens (tertiary/aromatic N) is 4. The van der Waals surface area contributed by atoms with Crippen LogP contribution >= 0.6 is 7.75 Å². The highest BCUT2D eigenvalue weighted by Gasteiger charge is 2.50. The zero-order valence-electron chi connectivity index (χ0n) is 30.0. The van der Waals surface area contributed by atoms with E-state index in [-0.39, 0.29) is 53.7 Å². The van der Waals surface area contributed by atoms with Crippen LogP contribution in [0, 0.1) is 36.0 Å². The van der Waals surface area contributed by atoms with Crippen molar-refractivity contribution >= 4 is 30.7 Å². The molecule has 0 radical (unpaired) electrons. The first-order valence-corrected chi connectivity index (χ1v) is 19.3. The number of hydrogen-bond acceptors (Lipinski definition) is 11. The average molecular weight is 773 g/mol. The molecule has 1 fully saturated rings. The van der Waals surface area contributed by atoms with Crippen LogP contribution in [0.5, 0.6) is 5.75 Å². The van der Waals surface area contributed by atoms with Crippen LogP contribution in [0.15, 0.2) is 54.9 Å². The third kappa shape index (κ3) is 10.2. The molecule has 0 saturated carbocycles. The molecular weight excluding hydrogens is 728 g/mol. The van der Waals surface area contributed by atoms with Gasteiger partial charge < -0.3 is 24.8 Å². The Balaban J connectivity index is 1.42. The van der Waals surface area contributed by atoms with E-state index in [0.29, 0.717) is 6.07 Å². The van der Waals surface area contributed by atoms with Gasteiger partial charge in [0.25, 0.3) is 0 Å². The second kappa shape index (κ2) is 18.2. The third-order valence-electron chi connectivity index (χ3n) is 9.06. The summed E-state index contributed by atoms with van der Waals surface area (Å²) in [5.41, 5.74) is 3.98. The number of imidazole rings is 1. The minimum Gasteiger partial charge on any atom is -0.464 e. The first-order valence-electron chi connectivity index (χ1n) is 17.7. The maximum absolute atomic E-state index is 14.7. The molecule has 0 spiro atoms. The highest BCUT2D eigenvalue weighted by atomic mass is 31.2. The second-order valence-electron chi connectivity index (χ2n) is 13.2. The number of nitrogens with one attached hydrogen (secondary N) is 1. The number of benzene rings is 2. The smallest absolute Gasteiger partial charge is 0.459 e. The summed E-state index contributed by atoms with van der Waals surface area (Å²) < 4.78 is 82.3. The molecule has 0 amide bonds. The molecular formula is C37H44F3N6O7P. The number of fused-ring (bicyclic) bond motifs is 1. The van der Waals surface area contributed by atoms with Crippen molar-refractivity contribution in [3.8, 4) is 18.1 Å². The number of aliphatic hydroxyl groups is 1. The number of nitrogen functional groups attached to an aromatic ring is 1. The van der Waals surface area contributed by atoms with Crippen LogP contribution in [0.3, 0.4) is 0 Å². The average Bonchev–Trinajstić information content (AvgIpc) is 3.71. The Kier molecular flexibility index (Phi) is 13.7. The van der Waals surface area contributed by atoms with E-state index in [1.54, 1.807) is 18.2 Å². The number of aliphatic hydroxyl groups excluding tert-OH is 1. The van der Waals surface area contributed by atoms with Gasteiger partial charge in [-0.2, -0.15) is 19.4 Å². The molecule has 17 heteroatoms. The van der Waals surface area contributed by atoms with Crippen molar-refractivity contribution in [2.75, 3.05) is 18.9 Å². The summed E-state index contributed by atoms with van der Waals surface area (Å²) in [5.74, 6) is -0.305. The van der Waals surface area contributed by atoms with E-state index in [4.69, 9.17) is 30.7 Å². The second-order valence-corrected chi connectivity index (χ2v) is 14.9. The topological polar surface area (TPSA) is 173 Å². The molecule has 4 aromatic rings. The quantitative estimate of drug-likeness (QED) is 0.0414. The van der Waals surface area contributed by atoms with Crippen molar-refractivity contribution < 1.29 is 46.2 Å². The van der Waals surface area contributed by atoms with Gasteiger partial charge in [0, 0.05) is 12.5 Å². The number of unbranched alkanes of at least 4 members (excludes halogenated alkanes) is 2. The molecule has 1 aliphatic rings. The van der Waals surface area contributed by atoms with Crippen molar-refractivity contribution in [3.63, 3.8) is 0 Å². The number of ether oxygens (including phenoxy) is 2. The number of rotatable bonds is 19. The lowest BCUT2D eigenvalue weighted by Gasteiger charge is -2.30. The number of hydrogen-bond donors (Lipinski definition) is 3. The van der Waals surface area contributed by atoms with Gasteiger partial charge in [0.1, 0.15) is 42.4 Å². The molecule has 0 unspecified atom stereocenters. The lowest BCUT2D eigenvalue weighted by molar-refractivity contribution is -0.147. The molecule has 2 aromatic carbocycles. The molecule has 2 aromatic heterocycles. The van der Waals surface area contributed by atoms with Crippen LogP contribution in [-0.2, 0) is 29.8 Å². The first kappa shape index (κ1) is 40.7. The fourth-order valence-electron chi connectivity index (χ4n) is 6.17. The van der Waals surface area contributed by atoms with Gasteiger partial charge in [0.05, 0.1) is 12.9 Å². The van der Waals surface area contributed by atoms with Crippen molar-refractivity contribution in [1.82, 2.24) is 24.6 Å². The minimum absolute atomic E-state index is 0.0209. The minimum atomic E-state index is -4.69. The normalized spacial score (nSPS) is 20.1. The molecule has 13 nitrogen and oxygen atoms in total. The monoisotopic (exact) mass is 772 g/mol. The standard InChI is InChI=1S/C37H44F3N6O7P/c1-4-7-12-24(13-8-5-2)21-50-35(48)29(18-25-16-26(38)19-27(39)17-25)45-54(49,53-28-14-10-9-11-15-28)51-22-37(6-3)30(47)20-31(52-37)46-23-42-32-33(41)43-36(40)44-34(32)46/h3,9-11,14-17,19,23-24,29-31,47H,4-5,7-8,12-13,18,20-22H2,1-2H3,(H,45,49)(H2,41,43,44)/t29-,30-,31+,37+,54-/m0/s1. The predicted molar refractivity (Wildman–Crippen MR) is 193 cm³/mol. The Hall–Kier alpha value is -4.52. The number of terminal acetylenes is 1. The Morgan fingerprint density at radius 1 is 1.15 bits per heavy atom. The molecule has 290 valence electrons. The van der Waals surface area contributed by atoms with Crippen molar-refractivity contribution in [3.05, 3.63) is 78.1 Å². The van der Waals surface area contributed by atoms with Crippen LogP contribution in [0.4, 0.5) is 19.0 Å². The van der Waals surface area contributed by atoms with Crippen molar-refractivity contribution in [2.24, 2.45) is 5.92 Å². The number of aromatic nitrogens is 4. The van der Waals surface area contributed by atoms with Gasteiger partial charge in [-0.1, -0.05) is 63.7 Å². The molecule has 1 aliphatic heterocycles. The maximum Gasteiger partial charge on any atom is 0.459 e. The highest BCUT2D eigenvalue weighted by molar-refractivity contribution is 7.52. The van der Waals surface area contributed by atoms with Gasteiger partial charge in [-0.3, -0.25) is 13.9 Å². The van der Waals surface area contributed by atoms with E-state index >= 15 is 0 Å². The fourth-order valence-corrected chi connectivity index (χ4v) is 7.69. The zero-order valence-corrected chi connectivity index (χ0v) is 30.9. The van der Waals surface area contributed by atoms with E-state index < -0.39 is 62.0 Å².